The Labute approximate surface area is 163 Å². The van der Waals surface area contributed by atoms with E-state index >= 15 is 0 Å². The average Bonchev–Trinajstić information content (AvgIpc) is 2.60. The van der Waals surface area contributed by atoms with Gasteiger partial charge in [0.2, 0.25) is 15.9 Å². The van der Waals surface area contributed by atoms with Crippen LogP contribution in [0.5, 0.6) is 5.75 Å². The molecule has 2 rings (SSSR count). The molecule has 0 saturated heterocycles. The second kappa shape index (κ2) is 8.26. The summed E-state index contributed by atoms with van der Waals surface area (Å²) >= 11 is 0. The van der Waals surface area contributed by atoms with Crippen LogP contribution in [0.15, 0.2) is 42.5 Å². The number of ether oxygens (including phenoxy) is 1. The van der Waals surface area contributed by atoms with E-state index in [2.05, 4.69) is 5.32 Å². The molecule has 150 valence electrons. The van der Waals surface area contributed by atoms with Crippen molar-refractivity contribution in [1.82, 2.24) is 0 Å². The first-order valence-electron chi connectivity index (χ1n) is 8.24. The van der Waals surface area contributed by atoms with Crippen molar-refractivity contribution in [1.29, 1.82) is 0 Å². The van der Waals surface area contributed by atoms with Gasteiger partial charge in [-0.05, 0) is 37.6 Å². The summed E-state index contributed by atoms with van der Waals surface area (Å²) in [5.74, 6) is -0.446. The number of benzene rings is 2. The van der Waals surface area contributed by atoms with Crippen LogP contribution < -0.4 is 14.4 Å². The summed E-state index contributed by atoms with van der Waals surface area (Å²) in [5.41, 5.74) is 1.02. The molecule has 0 aromatic heterocycles. The summed E-state index contributed by atoms with van der Waals surface area (Å²) in [6, 6.07) is 9.38. The lowest BCUT2D eigenvalue weighted by Crippen LogP contribution is -2.45. The van der Waals surface area contributed by atoms with E-state index in [1.54, 1.807) is 18.2 Å². The van der Waals surface area contributed by atoms with Crippen LogP contribution in [0.1, 0.15) is 12.5 Å². The first-order valence-corrected chi connectivity index (χ1v) is 10.1. The highest BCUT2D eigenvalue weighted by molar-refractivity contribution is 7.92. The minimum Gasteiger partial charge on any atom is -0.495 e. The molecule has 0 bridgehead atoms. The van der Waals surface area contributed by atoms with Gasteiger partial charge in [0, 0.05) is 12.1 Å². The number of aryl methyl sites for hydroxylation is 1. The number of sulfonamides is 1. The number of methoxy groups -OCH3 is 1. The van der Waals surface area contributed by atoms with Gasteiger partial charge in [-0.2, -0.15) is 0 Å². The third-order valence-electron chi connectivity index (χ3n) is 4.00. The Hall–Kier alpha value is -3.14. The molecule has 10 heteroatoms. The number of anilines is 2. The molecule has 0 fully saturated rings. The zero-order valence-corrected chi connectivity index (χ0v) is 16.7. The van der Waals surface area contributed by atoms with Crippen molar-refractivity contribution in [3.8, 4) is 5.75 Å². The maximum atomic E-state index is 12.8. The molecule has 28 heavy (non-hydrogen) atoms. The molecule has 2 aromatic carbocycles. The number of nitrogens with zero attached hydrogens (tertiary/aromatic N) is 2. The van der Waals surface area contributed by atoms with Crippen LogP contribution in [0.3, 0.4) is 0 Å². The van der Waals surface area contributed by atoms with E-state index < -0.39 is 26.9 Å². The molecule has 0 saturated carbocycles. The van der Waals surface area contributed by atoms with Gasteiger partial charge < -0.3 is 10.1 Å². The summed E-state index contributed by atoms with van der Waals surface area (Å²) < 4.78 is 30.8. The predicted molar refractivity (Wildman–Crippen MR) is 106 cm³/mol. The predicted octanol–water partition coefficient (Wildman–Crippen LogP) is 2.71. The van der Waals surface area contributed by atoms with Gasteiger partial charge in [-0.3, -0.25) is 19.2 Å². The number of carbonyl (C=O) groups is 1. The lowest BCUT2D eigenvalue weighted by atomic mass is 10.2. The van der Waals surface area contributed by atoms with Crippen LogP contribution in [0.25, 0.3) is 0 Å². The minimum absolute atomic E-state index is 0.0752. The summed E-state index contributed by atoms with van der Waals surface area (Å²) in [5, 5.41) is 13.5. The van der Waals surface area contributed by atoms with Crippen molar-refractivity contribution in [3.63, 3.8) is 0 Å². The maximum absolute atomic E-state index is 12.8. The summed E-state index contributed by atoms with van der Waals surface area (Å²) in [7, 11) is -2.42. The van der Waals surface area contributed by atoms with Crippen LogP contribution in [-0.4, -0.2) is 38.7 Å². The number of carbonyl (C=O) groups excluding carboxylic acids is 1. The van der Waals surface area contributed by atoms with E-state index in [9.17, 15) is 23.3 Å². The molecule has 1 N–H and O–H groups in total. The molecule has 9 nitrogen and oxygen atoms in total. The van der Waals surface area contributed by atoms with E-state index in [1.807, 2.05) is 13.0 Å². The van der Waals surface area contributed by atoms with Crippen molar-refractivity contribution < 1.29 is 22.9 Å². The monoisotopic (exact) mass is 407 g/mol. The van der Waals surface area contributed by atoms with Gasteiger partial charge >= 0.3 is 0 Å². The standard InChI is InChI=1S/C18H21N3O6S/c1-12-6-5-7-14(10-12)20(28(4,25)26)13(2)18(22)19-16-11-15(21(23)24)8-9-17(16)27-3/h5-11,13H,1-4H3,(H,19,22). The number of hydrogen-bond acceptors (Lipinski definition) is 6. The molecule has 1 amide bonds. The number of amides is 1. The number of non-ortho nitro benzene ring substituents is 1. The van der Waals surface area contributed by atoms with Gasteiger partial charge in [0.05, 0.1) is 29.7 Å². The Morgan fingerprint density at radius 1 is 1.25 bits per heavy atom. The largest absolute Gasteiger partial charge is 0.495 e. The summed E-state index contributed by atoms with van der Waals surface area (Å²) in [6.45, 7) is 3.24. The van der Waals surface area contributed by atoms with Crippen LogP contribution in [0.2, 0.25) is 0 Å². The van der Waals surface area contributed by atoms with Gasteiger partial charge in [0.25, 0.3) is 5.69 Å². The van der Waals surface area contributed by atoms with Crippen LogP contribution in [0, 0.1) is 17.0 Å². The highest BCUT2D eigenvalue weighted by Gasteiger charge is 2.30. The van der Waals surface area contributed by atoms with Crippen LogP contribution in [-0.2, 0) is 14.8 Å². The van der Waals surface area contributed by atoms with Crippen molar-refractivity contribution in [2.45, 2.75) is 19.9 Å². The highest BCUT2D eigenvalue weighted by Crippen LogP contribution is 2.30. The molecule has 0 aliphatic rings. The van der Waals surface area contributed by atoms with Crippen LogP contribution >= 0.6 is 0 Å². The van der Waals surface area contributed by atoms with Crippen LogP contribution in [0.4, 0.5) is 17.1 Å². The normalized spacial score (nSPS) is 12.1. The zero-order valence-electron chi connectivity index (χ0n) is 15.9. The van der Waals surface area contributed by atoms with E-state index in [0.717, 1.165) is 22.2 Å². The highest BCUT2D eigenvalue weighted by atomic mass is 32.2. The molecule has 0 aliphatic carbocycles. The number of nitro benzene ring substituents is 1. The zero-order chi connectivity index (χ0) is 21.1. The smallest absolute Gasteiger partial charge is 0.271 e. The van der Waals surface area contributed by atoms with Gasteiger partial charge in [0.1, 0.15) is 11.8 Å². The summed E-state index contributed by atoms with van der Waals surface area (Å²) in [6.07, 6.45) is 1.01. The number of rotatable bonds is 7. The molecule has 0 heterocycles. The first kappa shape index (κ1) is 21.2. The Balaban J connectivity index is 2.39. The fourth-order valence-electron chi connectivity index (χ4n) is 2.72. The van der Waals surface area contributed by atoms with E-state index in [4.69, 9.17) is 4.74 Å². The Kier molecular flexibility index (Phi) is 6.24. The van der Waals surface area contributed by atoms with Gasteiger partial charge in [-0.25, -0.2) is 8.42 Å². The molecule has 2 aromatic rings. The molecular formula is C18H21N3O6S. The topological polar surface area (TPSA) is 119 Å². The average molecular weight is 407 g/mol. The molecule has 0 radical (unpaired) electrons. The van der Waals surface area contributed by atoms with E-state index in [0.29, 0.717) is 5.69 Å². The third kappa shape index (κ3) is 4.77. The fourth-order valence-corrected chi connectivity index (χ4v) is 3.88. The van der Waals surface area contributed by atoms with Gasteiger partial charge in [-0.15, -0.1) is 0 Å². The molecule has 1 unspecified atom stereocenters. The minimum atomic E-state index is -3.78. The summed E-state index contributed by atoms with van der Waals surface area (Å²) in [4.78, 5) is 23.2. The molecule has 0 aliphatic heterocycles. The second-order valence-electron chi connectivity index (χ2n) is 6.20. The maximum Gasteiger partial charge on any atom is 0.271 e. The lowest BCUT2D eigenvalue weighted by molar-refractivity contribution is -0.384. The van der Waals surface area contributed by atoms with Crippen molar-refractivity contribution in [3.05, 3.63) is 58.1 Å². The second-order valence-corrected chi connectivity index (χ2v) is 8.06. The molecule has 1 atom stereocenters. The number of nitrogens with one attached hydrogen (secondary N) is 1. The Morgan fingerprint density at radius 2 is 1.93 bits per heavy atom. The van der Waals surface area contributed by atoms with Gasteiger partial charge in [-0.1, -0.05) is 12.1 Å². The number of hydrogen-bond donors (Lipinski definition) is 1. The Morgan fingerprint density at radius 3 is 2.46 bits per heavy atom. The number of nitro groups is 1. The van der Waals surface area contributed by atoms with Crippen molar-refractivity contribution in [2.75, 3.05) is 23.0 Å². The lowest BCUT2D eigenvalue weighted by Gasteiger charge is -2.28. The molecular weight excluding hydrogens is 386 g/mol. The first-order chi connectivity index (χ1) is 13.0. The Bertz CT molecular complexity index is 1010. The quantitative estimate of drug-likeness (QED) is 0.557. The van der Waals surface area contributed by atoms with E-state index in [1.165, 1.54) is 26.2 Å². The molecule has 0 spiro atoms. The van der Waals surface area contributed by atoms with Gasteiger partial charge in [0.15, 0.2) is 0 Å². The third-order valence-corrected chi connectivity index (χ3v) is 5.24. The fraction of sp³-hybridized carbons (Fsp3) is 0.278. The SMILES string of the molecule is COc1ccc([N+](=O)[O-])cc1NC(=O)C(C)N(c1cccc(C)c1)S(C)(=O)=O. The van der Waals surface area contributed by atoms with Crippen molar-refractivity contribution in [2.24, 2.45) is 0 Å². The van der Waals surface area contributed by atoms with E-state index in [-0.39, 0.29) is 17.1 Å². The van der Waals surface area contributed by atoms with Crippen molar-refractivity contribution >= 4 is 33.0 Å².